The lowest BCUT2D eigenvalue weighted by Crippen LogP contribution is -2.22. The summed E-state index contributed by atoms with van der Waals surface area (Å²) in [5.74, 6) is 2.71. The summed E-state index contributed by atoms with van der Waals surface area (Å²) < 4.78 is 0. The van der Waals surface area contributed by atoms with Crippen LogP contribution in [0.25, 0.3) is 0 Å². The molecule has 0 unspecified atom stereocenters. The van der Waals surface area contributed by atoms with Gasteiger partial charge in [0.25, 0.3) is 0 Å². The van der Waals surface area contributed by atoms with Gasteiger partial charge in [-0.25, -0.2) is 9.97 Å². The summed E-state index contributed by atoms with van der Waals surface area (Å²) in [6.07, 6.45) is 0. The molecule has 90 valence electrons. The minimum absolute atomic E-state index is 0.0316. The van der Waals surface area contributed by atoms with E-state index in [-0.39, 0.29) is 5.41 Å². The predicted octanol–water partition coefficient (Wildman–Crippen LogP) is 2.27. The molecular weight excluding hydrogens is 200 g/mol. The van der Waals surface area contributed by atoms with Crippen LogP contribution < -0.4 is 10.2 Å². The van der Waals surface area contributed by atoms with Crippen molar-refractivity contribution < 1.29 is 0 Å². The minimum atomic E-state index is -0.0316. The van der Waals surface area contributed by atoms with Crippen molar-refractivity contribution in [1.82, 2.24) is 9.97 Å². The summed E-state index contributed by atoms with van der Waals surface area (Å²) in [5.41, 5.74) is -0.0316. The minimum Gasteiger partial charge on any atom is -0.373 e. The van der Waals surface area contributed by atoms with Gasteiger partial charge in [0.1, 0.15) is 17.5 Å². The average molecular weight is 222 g/mol. The van der Waals surface area contributed by atoms with Gasteiger partial charge in [0.15, 0.2) is 0 Å². The van der Waals surface area contributed by atoms with Gasteiger partial charge in [-0.3, -0.25) is 0 Å². The van der Waals surface area contributed by atoms with Crippen LogP contribution in [0, 0.1) is 0 Å². The molecule has 0 radical (unpaired) electrons. The maximum atomic E-state index is 4.60. The lowest BCUT2D eigenvalue weighted by Gasteiger charge is -2.22. The molecule has 0 atom stereocenters. The number of anilines is 2. The number of aromatic nitrogens is 2. The zero-order valence-corrected chi connectivity index (χ0v) is 11.1. The molecule has 1 heterocycles. The molecule has 4 nitrogen and oxygen atoms in total. The van der Waals surface area contributed by atoms with Crippen molar-refractivity contribution in [2.24, 2.45) is 0 Å². The van der Waals surface area contributed by atoms with Crippen molar-refractivity contribution in [2.45, 2.75) is 33.1 Å². The maximum Gasteiger partial charge on any atom is 0.138 e. The molecule has 0 fully saturated rings. The smallest absolute Gasteiger partial charge is 0.138 e. The van der Waals surface area contributed by atoms with Gasteiger partial charge in [-0.15, -0.1) is 0 Å². The summed E-state index contributed by atoms with van der Waals surface area (Å²) in [4.78, 5) is 11.2. The van der Waals surface area contributed by atoms with Crippen LogP contribution in [0.2, 0.25) is 0 Å². The second kappa shape index (κ2) is 4.68. The first-order valence-electron chi connectivity index (χ1n) is 5.67. The Kier molecular flexibility index (Phi) is 3.73. The molecule has 0 bridgehead atoms. The lowest BCUT2D eigenvalue weighted by molar-refractivity contribution is 0.545. The molecule has 0 aliphatic rings. The normalized spacial score (nSPS) is 11.4. The number of hydrogen-bond acceptors (Lipinski definition) is 4. The second-order valence-electron chi connectivity index (χ2n) is 4.95. The third-order valence-corrected chi connectivity index (χ3v) is 2.51. The standard InChI is InChI=1S/C12H22N4/c1-7-16(6)10-8-9(13-5)14-11(15-10)12(2,3)4/h8H,7H2,1-6H3,(H,13,14,15). The molecular formula is C12H22N4. The van der Waals surface area contributed by atoms with Gasteiger partial charge in [-0.05, 0) is 6.92 Å². The van der Waals surface area contributed by atoms with Crippen molar-refractivity contribution in [2.75, 3.05) is 30.9 Å². The Morgan fingerprint density at radius 2 is 1.94 bits per heavy atom. The Balaban J connectivity index is 3.21. The summed E-state index contributed by atoms with van der Waals surface area (Å²) in [5, 5.41) is 3.08. The third kappa shape index (κ3) is 2.84. The molecule has 0 spiro atoms. The topological polar surface area (TPSA) is 41.0 Å². The summed E-state index contributed by atoms with van der Waals surface area (Å²) >= 11 is 0. The Bertz CT molecular complexity index is 355. The van der Waals surface area contributed by atoms with Crippen molar-refractivity contribution in [3.8, 4) is 0 Å². The van der Waals surface area contributed by atoms with E-state index in [1.54, 1.807) is 0 Å². The fourth-order valence-electron chi connectivity index (χ4n) is 1.26. The van der Waals surface area contributed by atoms with Crippen LogP contribution in [0.1, 0.15) is 33.5 Å². The van der Waals surface area contributed by atoms with Crippen molar-refractivity contribution in [3.63, 3.8) is 0 Å². The molecule has 16 heavy (non-hydrogen) atoms. The van der Waals surface area contributed by atoms with E-state index in [9.17, 15) is 0 Å². The fraction of sp³-hybridized carbons (Fsp3) is 0.667. The lowest BCUT2D eigenvalue weighted by atomic mass is 9.96. The molecule has 0 amide bonds. The monoisotopic (exact) mass is 222 g/mol. The highest BCUT2D eigenvalue weighted by molar-refractivity contribution is 5.49. The highest BCUT2D eigenvalue weighted by Gasteiger charge is 2.19. The first kappa shape index (κ1) is 12.7. The molecule has 0 saturated heterocycles. The van der Waals surface area contributed by atoms with Crippen LogP contribution in [0.15, 0.2) is 6.07 Å². The first-order chi connectivity index (χ1) is 7.38. The number of nitrogens with one attached hydrogen (secondary N) is 1. The number of hydrogen-bond donors (Lipinski definition) is 1. The zero-order valence-electron chi connectivity index (χ0n) is 11.1. The van der Waals surface area contributed by atoms with E-state index < -0.39 is 0 Å². The van der Waals surface area contributed by atoms with E-state index in [2.05, 4.69) is 47.9 Å². The van der Waals surface area contributed by atoms with Crippen LogP contribution in [0.4, 0.5) is 11.6 Å². The quantitative estimate of drug-likeness (QED) is 0.852. The van der Waals surface area contributed by atoms with Crippen LogP contribution in [-0.4, -0.2) is 30.6 Å². The summed E-state index contributed by atoms with van der Waals surface area (Å²) in [6, 6.07) is 1.97. The molecule has 0 saturated carbocycles. The predicted molar refractivity (Wildman–Crippen MR) is 69.2 cm³/mol. The van der Waals surface area contributed by atoms with E-state index in [1.165, 1.54) is 0 Å². The molecule has 1 aromatic heterocycles. The van der Waals surface area contributed by atoms with Crippen LogP contribution in [-0.2, 0) is 5.41 Å². The van der Waals surface area contributed by atoms with Crippen LogP contribution in [0.3, 0.4) is 0 Å². The van der Waals surface area contributed by atoms with Crippen molar-refractivity contribution in [1.29, 1.82) is 0 Å². The first-order valence-corrected chi connectivity index (χ1v) is 5.67. The number of nitrogens with zero attached hydrogens (tertiary/aromatic N) is 3. The second-order valence-corrected chi connectivity index (χ2v) is 4.95. The molecule has 4 heteroatoms. The van der Waals surface area contributed by atoms with Gasteiger partial charge in [0, 0.05) is 32.1 Å². The SMILES string of the molecule is CCN(C)c1cc(NC)nc(C(C)(C)C)n1. The Morgan fingerprint density at radius 3 is 2.38 bits per heavy atom. The van der Waals surface area contributed by atoms with E-state index in [4.69, 9.17) is 0 Å². The van der Waals surface area contributed by atoms with Gasteiger partial charge in [-0.1, -0.05) is 20.8 Å². The number of rotatable bonds is 3. The molecule has 0 aliphatic heterocycles. The average Bonchev–Trinajstić information content (AvgIpc) is 2.26. The van der Waals surface area contributed by atoms with E-state index >= 15 is 0 Å². The van der Waals surface area contributed by atoms with Crippen LogP contribution in [0.5, 0.6) is 0 Å². The fourth-order valence-corrected chi connectivity index (χ4v) is 1.26. The van der Waals surface area contributed by atoms with Crippen molar-refractivity contribution >= 4 is 11.6 Å². The molecule has 1 N–H and O–H groups in total. The zero-order chi connectivity index (χ0) is 12.3. The maximum absolute atomic E-state index is 4.60. The van der Waals surface area contributed by atoms with Gasteiger partial charge >= 0.3 is 0 Å². The Morgan fingerprint density at radius 1 is 1.31 bits per heavy atom. The molecule has 0 aromatic carbocycles. The van der Waals surface area contributed by atoms with E-state index in [0.717, 1.165) is 24.0 Å². The third-order valence-electron chi connectivity index (χ3n) is 2.51. The molecule has 0 aliphatic carbocycles. The highest BCUT2D eigenvalue weighted by Crippen LogP contribution is 2.23. The highest BCUT2D eigenvalue weighted by atomic mass is 15.2. The van der Waals surface area contributed by atoms with E-state index in [1.807, 2.05) is 20.2 Å². The molecule has 1 aromatic rings. The van der Waals surface area contributed by atoms with Crippen molar-refractivity contribution in [3.05, 3.63) is 11.9 Å². The van der Waals surface area contributed by atoms with E-state index in [0.29, 0.717) is 0 Å². The largest absolute Gasteiger partial charge is 0.373 e. The Hall–Kier alpha value is -1.32. The van der Waals surface area contributed by atoms with Gasteiger partial charge in [-0.2, -0.15) is 0 Å². The van der Waals surface area contributed by atoms with Gasteiger partial charge in [0.2, 0.25) is 0 Å². The summed E-state index contributed by atoms with van der Waals surface area (Å²) in [6.45, 7) is 9.41. The summed E-state index contributed by atoms with van der Waals surface area (Å²) in [7, 11) is 3.92. The van der Waals surface area contributed by atoms with Crippen LogP contribution >= 0.6 is 0 Å². The van der Waals surface area contributed by atoms with Gasteiger partial charge < -0.3 is 10.2 Å². The van der Waals surface area contributed by atoms with Gasteiger partial charge in [0.05, 0.1) is 0 Å². The molecule has 1 rings (SSSR count). The Labute approximate surface area is 98.1 Å².